The topological polar surface area (TPSA) is 83.4 Å². The number of hydrogen-bond acceptors (Lipinski definition) is 5. The monoisotopic (exact) mass is 468 g/mol. The van der Waals surface area contributed by atoms with Gasteiger partial charge in [0.25, 0.3) is 7.41 Å². The predicted octanol–water partition coefficient (Wildman–Crippen LogP) is 3.78. The lowest BCUT2D eigenvalue weighted by atomic mass is 9.84. The van der Waals surface area contributed by atoms with Gasteiger partial charge in [-0.2, -0.15) is 0 Å². The highest BCUT2D eigenvalue weighted by Crippen LogP contribution is 2.28. The lowest BCUT2D eigenvalue weighted by molar-refractivity contribution is -0.136. The molecule has 6 nitrogen and oxygen atoms in total. The molecule has 0 bridgehead atoms. The van der Waals surface area contributed by atoms with E-state index in [2.05, 4.69) is 34.1 Å². The van der Waals surface area contributed by atoms with Crippen LogP contribution in [0.25, 0.3) is 0 Å². The number of hydrogen-bond donors (Lipinski definition) is 1. The number of carbonyl (C=O) groups is 2. The lowest BCUT2D eigenvalue weighted by Crippen LogP contribution is -2.36. The van der Waals surface area contributed by atoms with Crippen molar-refractivity contribution in [2.24, 2.45) is 0 Å². The molecule has 1 aromatic heterocycles. The number of aliphatic carboxylic acids is 1. The van der Waals surface area contributed by atoms with Crippen LogP contribution in [-0.4, -0.2) is 52.5 Å². The van der Waals surface area contributed by atoms with Crippen molar-refractivity contribution >= 4 is 19.6 Å². The van der Waals surface area contributed by atoms with Crippen LogP contribution in [0.3, 0.4) is 0 Å². The molecule has 7 heteroatoms. The molecule has 2 heterocycles. The van der Waals surface area contributed by atoms with Crippen molar-refractivity contribution in [3.05, 3.63) is 94.1 Å². The fraction of sp³-hybridized carbons (Fsp3) is 0.357. The third kappa shape index (κ3) is 6.86. The molecule has 1 saturated heterocycles. The Labute approximate surface area is 207 Å². The molecule has 35 heavy (non-hydrogen) atoms. The van der Waals surface area contributed by atoms with Gasteiger partial charge in [0.1, 0.15) is 5.82 Å². The number of carboxylic acids is 1. The van der Waals surface area contributed by atoms with E-state index in [1.54, 1.807) is 7.41 Å². The van der Waals surface area contributed by atoms with Crippen molar-refractivity contribution in [3.8, 4) is 0 Å². The second kappa shape index (κ2) is 11.9. The number of carbonyl (C=O) groups excluding carboxylic acids is 1. The Morgan fingerprint density at radius 1 is 1.09 bits per heavy atom. The molecule has 0 saturated carbocycles. The van der Waals surface area contributed by atoms with Crippen LogP contribution >= 0.6 is 0 Å². The van der Waals surface area contributed by atoms with E-state index in [0.717, 1.165) is 73.2 Å². The first kappa shape index (κ1) is 24.8. The van der Waals surface area contributed by atoms with Gasteiger partial charge < -0.3 is 14.7 Å². The quantitative estimate of drug-likeness (QED) is 0.360. The first-order chi connectivity index (χ1) is 17.0. The SMILES string of the molecule is Cc1cnc(Cc2ccc(C3CCN([B]C=O)CC3)cc2)nc1CCc1ccccc1CC(=O)O. The highest BCUT2D eigenvalue weighted by atomic mass is 16.4. The van der Waals surface area contributed by atoms with Crippen LogP contribution in [-0.2, 0) is 35.3 Å². The molecule has 0 unspecified atom stereocenters. The smallest absolute Gasteiger partial charge is 0.307 e. The maximum absolute atomic E-state index is 11.2. The van der Waals surface area contributed by atoms with E-state index in [-0.39, 0.29) is 6.42 Å². The zero-order chi connectivity index (χ0) is 24.6. The van der Waals surface area contributed by atoms with Gasteiger partial charge in [-0.1, -0.05) is 48.5 Å². The summed E-state index contributed by atoms with van der Waals surface area (Å²) in [6.45, 7) is 3.87. The number of piperidine rings is 1. The van der Waals surface area contributed by atoms with Gasteiger partial charge in [-0.15, -0.1) is 0 Å². The van der Waals surface area contributed by atoms with Gasteiger partial charge in [0, 0.05) is 18.3 Å². The number of aryl methyl sites for hydroxylation is 3. The Morgan fingerprint density at radius 3 is 2.49 bits per heavy atom. The van der Waals surface area contributed by atoms with E-state index in [4.69, 9.17) is 4.98 Å². The molecule has 1 fully saturated rings. The molecule has 1 aliphatic heterocycles. The summed E-state index contributed by atoms with van der Waals surface area (Å²) in [6.07, 6.45) is 7.08. The van der Waals surface area contributed by atoms with Crippen LogP contribution in [0.15, 0.2) is 54.7 Å². The van der Waals surface area contributed by atoms with Crippen molar-refractivity contribution < 1.29 is 14.7 Å². The second-order valence-corrected chi connectivity index (χ2v) is 9.27. The molecule has 1 aliphatic rings. The second-order valence-electron chi connectivity index (χ2n) is 9.27. The van der Waals surface area contributed by atoms with Crippen LogP contribution < -0.4 is 0 Å². The Balaban J connectivity index is 1.38. The average molecular weight is 468 g/mol. The Hall–Kier alpha value is -3.32. The summed E-state index contributed by atoms with van der Waals surface area (Å²) >= 11 is 0. The van der Waals surface area contributed by atoms with E-state index < -0.39 is 5.97 Å². The zero-order valence-corrected chi connectivity index (χ0v) is 20.2. The minimum Gasteiger partial charge on any atom is -0.481 e. The van der Waals surface area contributed by atoms with Crippen molar-refractivity contribution in [1.82, 2.24) is 14.8 Å². The van der Waals surface area contributed by atoms with Gasteiger partial charge in [0.05, 0.1) is 12.6 Å². The molecule has 0 atom stereocenters. The molecule has 179 valence electrons. The molecule has 1 radical (unpaired) electrons. The maximum Gasteiger partial charge on any atom is 0.307 e. The third-order valence-corrected chi connectivity index (χ3v) is 6.83. The molecular formula is C28H31BN3O3. The van der Waals surface area contributed by atoms with Gasteiger partial charge >= 0.3 is 5.97 Å². The van der Waals surface area contributed by atoms with Crippen LogP contribution in [0.4, 0.5) is 0 Å². The fourth-order valence-corrected chi connectivity index (χ4v) is 4.80. The molecule has 1 N–H and O–H groups in total. The van der Waals surface area contributed by atoms with E-state index in [0.29, 0.717) is 12.3 Å². The van der Waals surface area contributed by atoms with Crippen molar-refractivity contribution in [3.63, 3.8) is 0 Å². The van der Waals surface area contributed by atoms with Crippen LogP contribution in [0, 0.1) is 6.92 Å². The number of rotatable bonds is 10. The summed E-state index contributed by atoms with van der Waals surface area (Å²) in [7, 11) is 1.64. The third-order valence-electron chi connectivity index (χ3n) is 6.83. The normalized spacial score (nSPS) is 14.5. The van der Waals surface area contributed by atoms with E-state index in [9.17, 15) is 14.7 Å². The Morgan fingerprint density at radius 2 is 1.80 bits per heavy atom. The number of nitrogens with zero attached hydrogens (tertiary/aromatic N) is 3. The molecule has 3 aromatic rings. The Kier molecular flexibility index (Phi) is 8.43. The van der Waals surface area contributed by atoms with Crippen molar-refractivity contribution in [1.29, 1.82) is 0 Å². The van der Waals surface area contributed by atoms with E-state index >= 15 is 0 Å². The predicted molar refractivity (Wildman–Crippen MR) is 137 cm³/mol. The fourth-order valence-electron chi connectivity index (χ4n) is 4.80. The van der Waals surface area contributed by atoms with Crippen LogP contribution in [0.1, 0.15) is 58.1 Å². The van der Waals surface area contributed by atoms with Crippen LogP contribution in [0.5, 0.6) is 0 Å². The number of benzene rings is 2. The first-order valence-electron chi connectivity index (χ1n) is 12.2. The minimum absolute atomic E-state index is 0.0382. The molecule has 4 rings (SSSR count). The highest BCUT2D eigenvalue weighted by Gasteiger charge is 2.20. The first-order valence-corrected chi connectivity index (χ1v) is 12.2. The minimum atomic E-state index is -0.814. The van der Waals surface area contributed by atoms with Gasteiger partial charge in [-0.3, -0.25) is 4.79 Å². The standard InChI is InChI=1S/C28H31BN3O3/c1-20-18-30-27(31-26(20)11-10-22-4-2-3-5-25(22)17-28(34)35)16-21-6-8-23(9-7-21)24-12-14-32(15-13-24)29-19-33/h2-9,18-19,24H,10-17H2,1H3,(H,34,35). The number of aromatic nitrogens is 2. The zero-order valence-electron chi connectivity index (χ0n) is 20.2. The van der Waals surface area contributed by atoms with Gasteiger partial charge in [-0.25, -0.2) is 9.97 Å². The summed E-state index contributed by atoms with van der Waals surface area (Å²) in [6, 6.07) is 16.5. The summed E-state index contributed by atoms with van der Waals surface area (Å²) in [5, 5.41) is 9.18. The van der Waals surface area contributed by atoms with E-state index in [1.165, 1.54) is 11.1 Å². The summed E-state index contributed by atoms with van der Waals surface area (Å²) in [4.78, 5) is 33.4. The van der Waals surface area contributed by atoms with Gasteiger partial charge in [-0.05, 0) is 79.4 Å². The molecule has 0 spiro atoms. The number of carboxylic acid groups (broad SMARTS) is 1. The summed E-state index contributed by atoms with van der Waals surface area (Å²) in [5.41, 5.74) is 6.51. The van der Waals surface area contributed by atoms with E-state index in [1.807, 2.05) is 37.4 Å². The molecule has 0 aliphatic carbocycles. The molecule has 2 aromatic carbocycles. The largest absolute Gasteiger partial charge is 0.481 e. The van der Waals surface area contributed by atoms with Gasteiger partial charge in [0.2, 0.25) is 0 Å². The Bertz CT molecular complexity index is 1160. The van der Waals surface area contributed by atoms with Crippen LogP contribution in [0.2, 0.25) is 0 Å². The van der Waals surface area contributed by atoms with Crippen molar-refractivity contribution in [2.75, 3.05) is 13.1 Å². The lowest BCUT2D eigenvalue weighted by Gasteiger charge is -2.30. The van der Waals surface area contributed by atoms with Gasteiger partial charge in [0.15, 0.2) is 0 Å². The maximum atomic E-state index is 11.2. The average Bonchev–Trinajstić information content (AvgIpc) is 2.86. The highest BCUT2D eigenvalue weighted by molar-refractivity contribution is 6.64. The molecule has 0 amide bonds. The summed E-state index contributed by atoms with van der Waals surface area (Å²) < 4.78 is 0. The molecular weight excluding hydrogens is 437 g/mol. The van der Waals surface area contributed by atoms with Crippen molar-refractivity contribution in [2.45, 2.75) is 51.4 Å². The summed E-state index contributed by atoms with van der Waals surface area (Å²) in [5.74, 6) is 0.521.